The minimum absolute atomic E-state index is 0. The normalized spacial score (nSPS) is 12.7. The molecule has 0 saturated heterocycles. The van der Waals surface area contributed by atoms with Crippen LogP contribution in [-0.4, -0.2) is 9.55 Å². The van der Waals surface area contributed by atoms with E-state index in [1.807, 2.05) is 36.5 Å². The molecule has 0 N–H and O–H groups in total. The number of hydrogen-bond donors (Lipinski definition) is 0. The van der Waals surface area contributed by atoms with Crippen LogP contribution in [-0.2, 0) is 31.9 Å². The molecule has 0 aliphatic carbocycles. The van der Waals surface area contributed by atoms with Gasteiger partial charge in [0.1, 0.15) is 5.82 Å². The molecular formula is C51H42N5OPt-3. The molecule has 0 fully saturated rings. The SMILES string of the molecule is [C-]#[N+]c1cc(Oc2[c-]c3c(cc2)c2ccccc2n3-c2cc(C(C)(C)C)ccn2)[c-]c(N2[CH-]N(c3cc(C(C)(C)C)ccc3-c3ccccc3)c3ccccc32)c1.[Pt]. The molecule has 0 atom stereocenters. The largest absolute Gasteiger partial charge is 0.510 e. The number of ether oxygens (including phenoxy) is 1. The molecule has 6 nitrogen and oxygen atoms in total. The number of anilines is 4. The van der Waals surface area contributed by atoms with E-state index in [2.05, 4.69) is 177 Å². The monoisotopic (exact) mass is 935 g/mol. The summed E-state index contributed by atoms with van der Waals surface area (Å²) in [5.74, 6) is 1.76. The molecular weight excluding hydrogens is 894 g/mol. The first-order chi connectivity index (χ1) is 27.5. The summed E-state index contributed by atoms with van der Waals surface area (Å²) in [5.41, 5.74) is 10.7. The molecule has 290 valence electrons. The zero-order valence-electron chi connectivity index (χ0n) is 33.3. The van der Waals surface area contributed by atoms with Crippen molar-refractivity contribution in [3.05, 3.63) is 181 Å². The fourth-order valence-corrected chi connectivity index (χ4v) is 7.62. The summed E-state index contributed by atoms with van der Waals surface area (Å²) in [6.45, 7) is 23.5. The molecule has 1 aliphatic heterocycles. The van der Waals surface area contributed by atoms with Gasteiger partial charge in [0.15, 0.2) is 0 Å². The summed E-state index contributed by atoms with van der Waals surface area (Å²) in [4.78, 5) is 13.0. The van der Waals surface area contributed by atoms with Gasteiger partial charge < -0.3 is 19.1 Å². The molecule has 58 heavy (non-hydrogen) atoms. The van der Waals surface area contributed by atoms with E-state index >= 15 is 0 Å². The Hall–Kier alpha value is -6.15. The van der Waals surface area contributed by atoms with E-state index in [0.717, 1.165) is 55.8 Å². The number of pyridine rings is 1. The standard InChI is InChI=1S/C51H42N5O.Pt/c1-50(2,3)35-21-23-41(34-15-9-8-10-16-34)47(27-35)55-33-54(45-19-13-14-20-46(45)55)38-29-37(52-7)30-40(31-38)57-39-22-24-43-42-17-11-12-18-44(42)56(48(43)32-39)49-28-36(25-26-53-49)51(4,5)6;/h8-30,33H,1-6H3;/q-3;. The molecule has 0 saturated carbocycles. The van der Waals surface area contributed by atoms with Gasteiger partial charge in [-0.3, -0.25) is 4.85 Å². The Labute approximate surface area is 355 Å². The third kappa shape index (κ3) is 7.05. The average Bonchev–Trinajstić information content (AvgIpc) is 3.76. The van der Waals surface area contributed by atoms with Crippen LogP contribution >= 0.6 is 0 Å². The summed E-state index contributed by atoms with van der Waals surface area (Å²) in [6.07, 6.45) is 1.88. The summed E-state index contributed by atoms with van der Waals surface area (Å²) >= 11 is 0. The maximum absolute atomic E-state index is 8.06. The quantitative estimate of drug-likeness (QED) is 0.156. The Balaban J connectivity index is 0.00000469. The third-order valence-electron chi connectivity index (χ3n) is 10.7. The number of benzene rings is 6. The second-order valence-corrected chi connectivity index (χ2v) is 16.6. The Morgan fingerprint density at radius 2 is 1.33 bits per heavy atom. The third-order valence-corrected chi connectivity index (χ3v) is 10.7. The van der Waals surface area contributed by atoms with Gasteiger partial charge in [0.05, 0.1) is 12.3 Å². The van der Waals surface area contributed by atoms with E-state index in [1.54, 1.807) is 6.07 Å². The molecule has 6 aromatic carbocycles. The molecule has 0 bridgehead atoms. The number of rotatable bonds is 6. The maximum Gasteiger partial charge on any atom is 0.135 e. The van der Waals surface area contributed by atoms with E-state index < -0.39 is 0 Å². The number of fused-ring (bicyclic) bond motifs is 4. The van der Waals surface area contributed by atoms with Crippen LogP contribution in [0.5, 0.6) is 11.5 Å². The Bertz CT molecular complexity index is 2860. The van der Waals surface area contributed by atoms with Crippen molar-refractivity contribution in [1.29, 1.82) is 0 Å². The smallest absolute Gasteiger partial charge is 0.135 e. The molecule has 7 heteroatoms. The minimum Gasteiger partial charge on any atom is -0.510 e. The van der Waals surface area contributed by atoms with Gasteiger partial charge in [-0.25, -0.2) is 4.98 Å². The molecule has 8 aromatic rings. The van der Waals surface area contributed by atoms with Crippen molar-refractivity contribution in [2.45, 2.75) is 52.4 Å². The second kappa shape index (κ2) is 15.0. The molecule has 1 aliphatic rings. The second-order valence-electron chi connectivity index (χ2n) is 16.6. The van der Waals surface area contributed by atoms with Crippen LogP contribution in [0.1, 0.15) is 52.7 Å². The van der Waals surface area contributed by atoms with Gasteiger partial charge in [-0.2, -0.15) is 6.07 Å². The fourth-order valence-electron chi connectivity index (χ4n) is 7.62. The molecule has 0 unspecified atom stereocenters. The van der Waals surface area contributed by atoms with Crippen molar-refractivity contribution in [2.75, 3.05) is 9.80 Å². The predicted molar refractivity (Wildman–Crippen MR) is 233 cm³/mol. The Morgan fingerprint density at radius 3 is 2.07 bits per heavy atom. The molecule has 0 spiro atoms. The van der Waals surface area contributed by atoms with E-state index in [-0.39, 0.29) is 31.9 Å². The summed E-state index contributed by atoms with van der Waals surface area (Å²) in [5, 5.41) is 2.16. The van der Waals surface area contributed by atoms with Gasteiger partial charge in [-0.05, 0) is 69.3 Å². The topological polar surface area (TPSA) is 37.9 Å². The van der Waals surface area contributed by atoms with Gasteiger partial charge in [0.25, 0.3) is 0 Å². The Morgan fingerprint density at radius 1 is 0.638 bits per heavy atom. The number of aromatic nitrogens is 2. The molecule has 0 radical (unpaired) electrons. The van der Waals surface area contributed by atoms with Crippen molar-refractivity contribution in [2.24, 2.45) is 0 Å². The van der Waals surface area contributed by atoms with Crippen LogP contribution in [0.2, 0.25) is 0 Å². The molecule has 9 rings (SSSR count). The van der Waals surface area contributed by atoms with Crippen LogP contribution in [0.3, 0.4) is 0 Å². The number of para-hydroxylation sites is 3. The van der Waals surface area contributed by atoms with Crippen molar-refractivity contribution in [1.82, 2.24) is 9.55 Å². The van der Waals surface area contributed by atoms with Gasteiger partial charge in [0, 0.05) is 66.9 Å². The Kier molecular flexibility index (Phi) is 10.00. The van der Waals surface area contributed by atoms with Crippen LogP contribution in [0, 0.1) is 25.4 Å². The average molecular weight is 936 g/mol. The van der Waals surface area contributed by atoms with Gasteiger partial charge in [0.2, 0.25) is 0 Å². The van der Waals surface area contributed by atoms with Gasteiger partial charge in [-0.1, -0.05) is 120 Å². The van der Waals surface area contributed by atoms with Gasteiger partial charge in [-0.15, -0.1) is 48.1 Å². The molecule has 2 aromatic heterocycles. The predicted octanol–water partition coefficient (Wildman–Crippen LogP) is 13.8. The zero-order chi connectivity index (χ0) is 39.5. The van der Waals surface area contributed by atoms with E-state index in [0.29, 0.717) is 22.9 Å². The van der Waals surface area contributed by atoms with Crippen LogP contribution in [0.4, 0.5) is 28.4 Å². The van der Waals surface area contributed by atoms with E-state index in [4.69, 9.17) is 16.3 Å². The van der Waals surface area contributed by atoms with Crippen LogP contribution < -0.4 is 14.5 Å². The van der Waals surface area contributed by atoms with Crippen molar-refractivity contribution < 1.29 is 25.8 Å². The van der Waals surface area contributed by atoms with Crippen molar-refractivity contribution in [3.8, 4) is 28.4 Å². The minimum atomic E-state index is -0.0474. The van der Waals surface area contributed by atoms with Crippen LogP contribution in [0.25, 0.3) is 43.6 Å². The molecule has 3 heterocycles. The zero-order valence-corrected chi connectivity index (χ0v) is 35.6. The molecule has 0 amide bonds. The van der Waals surface area contributed by atoms with Crippen molar-refractivity contribution >= 4 is 50.2 Å². The van der Waals surface area contributed by atoms with E-state index in [9.17, 15) is 0 Å². The summed E-state index contributed by atoms with van der Waals surface area (Å²) in [6, 6.07) is 52.9. The first-order valence-electron chi connectivity index (χ1n) is 19.2. The maximum atomic E-state index is 8.06. The number of nitrogens with zero attached hydrogens (tertiary/aromatic N) is 5. The fraction of sp³-hybridized carbons (Fsp3) is 0.157. The van der Waals surface area contributed by atoms with Gasteiger partial charge >= 0.3 is 0 Å². The summed E-state index contributed by atoms with van der Waals surface area (Å²) in [7, 11) is 0. The van der Waals surface area contributed by atoms with Crippen molar-refractivity contribution in [3.63, 3.8) is 0 Å². The first kappa shape index (κ1) is 38.7. The number of hydrogen-bond acceptors (Lipinski definition) is 4. The summed E-state index contributed by atoms with van der Waals surface area (Å²) < 4.78 is 8.73. The van der Waals surface area contributed by atoms with Crippen LogP contribution in [0.15, 0.2) is 140 Å². The first-order valence-corrected chi connectivity index (χ1v) is 19.2. The van der Waals surface area contributed by atoms with E-state index in [1.165, 1.54) is 11.1 Å².